The Hall–Kier alpha value is -3.00. The molecule has 0 unspecified atom stereocenters. The molecule has 0 bridgehead atoms. The third-order valence-corrected chi connectivity index (χ3v) is 4.88. The van der Waals surface area contributed by atoms with Crippen molar-refractivity contribution in [1.29, 1.82) is 0 Å². The molecule has 2 aromatic carbocycles. The van der Waals surface area contributed by atoms with Crippen molar-refractivity contribution in [2.24, 2.45) is 0 Å². The summed E-state index contributed by atoms with van der Waals surface area (Å²) in [5.41, 5.74) is 3.05. The largest absolute Gasteiger partial charge is 0.340 e. The molecule has 3 aromatic rings. The first-order chi connectivity index (χ1) is 13.9. The standard InChI is InChI=1S/C21H18F4N4/c1-28-6-7-29(17-10-15(22)9-16(23)11-17)20-5-2-13(8-14(20)12-28)18-3-4-19(21(24)25)27-26-18/h2-5,8-11,21H,6-7,12H2,1H3. The summed E-state index contributed by atoms with van der Waals surface area (Å²) in [4.78, 5) is 3.98. The van der Waals surface area contributed by atoms with Crippen LogP contribution in [0.15, 0.2) is 48.5 Å². The highest BCUT2D eigenvalue weighted by molar-refractivity contribution is 5.72. The predicted octanol–water partition coefficient (Wildman–Crippen LogP) is 4.94. The minimum Gasteiger partial charge on any atom is -0.340 e. The molecule has 150 valence electrons. The van der Waals surface area contributed by atoms with Crippen molar-refractivity contribution in [1.82, 2.24) is 15.1 Å². The summed E-state index contributed by atoms with van der Waals surface area (Å²) in [6.45, 7) is 1.89. The van der Waals surface area contributed by atoms with Crippen molar-refractivity contribution >= 4 is 11.4 Å². The minimum atomic E-state index is -2.67. The maximum Gasteiger partial charge on any atom is 0.282 e. The molecule has 0 N–H and O–H groups in total. The highest BCUT2D eigenvalue weighted by Gasteiger charge is 2.21. The number of aromatic nitrogens is 2. The lowest BCUT2D eigenvalue weighted by molar-refractivity contribution is 0.145. The van der Waals surface area contributed by atoms with Gasteiger partial charge < -0.3 is 9.80 Å². The quantitative estimate of drug-likeness (QED) is 0.581. The van der Waals surface area contributed by atoms with Crippen LogP contribution in [0.25, 0.3) is 11.3 Å². The SMILES string of the molecule is CN1CCN(c2cc(F)cc(F)c2)c2ccc(-c3ccc(C(F)F)nn3)cc2C1. The molecular formula is C21H18F4N4. The van der Waals surface area contributed by atoms with E-state index in [-0.39, 0.29) is 5.69 Å². The van der Waals surface area contributed by atoms with Crippen molar-refractivity contribution in [2.75, 3.05) is 25.0 Å². The lowest BCUT2D eigenvalue weighted by atomic mass is 10.0. The third-order valence-electron chi connectivity index (χ3n) is 4.88. The monoisotopic (exact) mass is 402 g/mol. The molecule has 0 aliphatic carbocycles. The van der Waals surface area contributed by atoms with Crippen molar-refractivity contribution in [3.05, 3.63) is 71.4 Å². The number of halogens is 4. The summed E-state index contributed by atoms with van der Waals surface area (Å²) in [6, 6.07) is 11.8. The normalized spacial score (nSPS) is 14.8. The van der Waals surface area contributed by atoms with Gasteiger partial charge in [-0.05, 0) is 49.0 Å². The van der Waals surface area contributed by atoms with Crippen LogP contribution >= 0.6 is 0 Å². The van der Waals surface area contributed by atoms with Crippen LogP contribution in [0.2, 0.25) is 0 Å². The smallest absolute Gasteiger partial charge is 0.282 e. The topological polar surface area (TPSA) is 32.3 Å². The summed E-state index contributed by atoms with van der Waals surface area (Å²) < 4.78 is 52.9. The van der Waals surface area contributed by atoms with Gasteiger partial charge in [0.25, 0.3) is 6.43 Å². The van der Waals surface area contributed by atoms with E-state index in [4.69, 9.17) is 0 Å². The van der Waals surface area contributed by atoms with Crippen LogP contribution in [-0.4, -0.2) is 35.2 Å². The zero-order valence-electron chi connectivity index (χ0n) is 15.6. The van der Waals surface area contributed by atoms with Gasteiger partial charge in [-0.3, -0.25) is 0 Å². The van der Waals surface area contributed by atoms with Crippen LogP contribution in [0.5, 0.6) is 0 Å². The first kappa shape index (κ1) is 19.3. The van der Waals surface area contributed by atoms with Gasteiger partial charge in [-0.25, -0.2) is 17.6 Å². The number of hydrogen-bond donors (Lipinski definition) is 0. The summed E-state index contributed by atoms with van der Waals surface area (Å²) in [5.74, 6) is -1.27. The van der Waals surface area contributed by atoms with Crippen molar-refractivity contribution in [3.63, 3.8) is 0 Å². The Balaban J connectivity index is 1.75. The predicted molar refractivity (Wildman–Crippen MR) is 102 cm³/mol. The van der Waals surface area contributed by atoms with Gasteiger partial charge in [0.15, 0.2) is 0 Å². The lowest BCUT2D eigenvalue weighted by Gasteiger charge is -2.25. The number of alkyl halides is 2. The number of nitrogens with zero attached hydrogens (tertiary/aromatic N) is 4. The van der Waals surface area contributed by atoms with Gasteiger partial charge in [0.1, 0.15) is 17.3 Å². The van der Waals surface area contributed by atoms with Crippen molar-refractivity contribution < 1.29 is 17.6 Å². The van der Waals surface area contributed by atoms with Crippen LogP contribution < -0.4 is 4.90 Å². The number of hydrogen-bond acceptors (Lipinski definition) is 4. The van der Waals surface area contributed by atoms with Crippen molar-refractivity contribution in [3.8, 4) is 11.3 Å². The second-order valence-electron chi connectivity index (χ2n) is 7.00. The molecule has 1 aromatic heterocycles. The molecule has 4 rings (SSSR count). The first-order valence-corrected chi connectivity index (χ1v) is 9.08. The molecule has 29 heavy (non-hydrogen) atoms. The highest BCUT2D eigenvalue weighted by Crippen LogP contribution is 2.34. The number of fused-ring (bicyclic) bond motifs is 1. The van der Waals surface area contributed by atoms with Gasteiger partial charge in [-0.1, -0.05) is 6.07 Å². The van der Waals surface area contributed by atoms with E-state index in [9.17, 15) is 17.6 Å². The van der Waals surface area contributed by atoms with Crippen LogP contribution in [0.4, 0.5) is 28.9 Å². The zero-order valence-corrected chi connectivity index (χ0v) is 15.6. The van der Waals surface area contributed by atoms with E-state index in [2.05, 4.69) is 15.1 Å². The summed E-state index contributed by atoms with van der Waals surface area (Å²) in [7, 11) is 1.96. The molecule has 1 aliphatic heterocycles. The number of benzene rings is 2. The van der Waals surface area contributed by atoms with E-state index in [1.54, 1.807) is 6.07 Å². The summed E-state index contributed by atoms with van der Waals surface area (Å²) in [6.07, 6.45) is -2.67. The molecule has 0 spiro atoms. The fourth-order valence-corrected chi connectivity index (χ4v) is 3.47. The molecule has 0 amide bonds. The number of likely N-dealkylation sites (N-methyl/N-ethyl adjacent to an activating group) is 1. The maximum atomic E-state index is 13.8. The van der Waals surface area contributed by atoms with E-state index in [0.717, 1.165) is 22.9 Å². The Labute approximate surface area is 165 Å². The van der Waals surface area contributed by atoms with E-state index >= 15 is 0 Å². The maximum absolute atomic E-state index is 13.8. The Morgan fingerprint density at radius 3 is 2.31 bits per heavy atom. The van der Waals surface area contributed by atoms with Gasteiger partial charge in [0, 0.05) is 42.6 Å². The van der Waals surface area contributed by atoms with Gasteiger partial charge in [-0.15, -0.1) is 5.10 Å². The molecule has 0 atom stereocenters. The Kier molecular flexibility index (Phi) is 5.19. The van der Waals surface area contributed by atoms with Gasteiger partial charge in [-0.2, -0.15) is 5.10 Å². The van der Waals surface area contributed by atoms with Gasteiger partial charge >= 0.3 is 0 Å². The fourth-order valence-electron chi connectivity index (χ4n) is 3.47. The number of anilines is 2. The fraction of sp³-hybridized carbons (Fsp3) is 0.238. The number of rotatable bonds is 3. The zero-order chi connectivity index (χ0) is 20.5. The summed E-state index contributed by atoms with van der Waals surface area (Å²) >= 11 is 0. The molecule has 0 saturated heterocycles. The van der Waals surface area contributed by atoms with Gasteiger partial charge in [0.05, 0.1) is 5.69 Å². The molecule has 4 nitrogen and oxygen atoms in total. The van der Waals surface area contributed by atoms with E-state index < -0.39 is 18.1 Å². The van der Waals surface area contributed by atoms with Crippen LogP contribution in [0.3, 0.4) is 0 Å². The molecule has 8 heteroatoms. The summed E-state index contributed by atoms with van der Waals surface area (Å²) in [5, 5.41) is 7.48. The Morgan fingerprint density at radius 1 is 0.897 bits per heavy atom. The molecule has 0 radical (unpaired) electrons. The lowest BCUT2D eigenvalue weighted by Crippen LogP contribution is -2.26. The first-order valence-electron chi connectivity index (χ1n) is 9.08. The Bertz CT molecular complexity index is 1000. The minimum absolute atomic E-state index is 0.373. The molecule has 2 heterocycles. The van der Waals surface area contributed by atoms with Crippen LogP contribution in [-0.2, 0) is 6.54 Å². The van der Waals surface area contributed by atoms with E-state index in [1.807, 2.05) is 24.1 Å². The molecular weight excluding hydrogens is 384 g/mol. The average Bonchev–Trinajstić information content (AvgIpc) is 2.84. The van der Waals surface area contributed by atoms with E-state index in [1.165, 1.54) is 24.3 Å². The van der Waals surface area contributed by atoms with Crippen molar-refractivity contribution in [2.45, 2.75) is 13.0 Å². The van der Waals surface area contributed by atoms with Gasteiger partial charge in [0.2, 0.25) is 0 Å². The second kappa shape index (κ2) is 7.79. The Morgan fingerprint density at radius 2 is 1.66 bits per heavy atom. The van der Waals surface area contributed by atoms with Crippen LogP contribution in [0.1, 0.15) is 17.7 Å². The average molecular weight is 402 g/mol. The molecule has 1 aliphatic rings. The third kappa shape index (κ3) is 4.07. The molecule has 0 saturated carbocycles. The molecule has 0 fully saturated rings. The second-order valence-corrected chi connectivity index (χ2v) is 7.00. The van der Waals surface area contributed by atoms with Crippen LogP contribution in [0, 0.1) is 11.6 Å². The van der Waals surface area contributed by atoms with E-state index in [0.29, 0.717) is 31.0 Å². The highest BCUT2D eigenvalue weighted by atomic mass is 19.3.